The maximum Gasteiger partial charge on any atom is 0.247 e. The van der Waals surface area contributed by atoms with Crippen LogP contribution in [0, 0.1) is 0 Å². The van der Waals surface area contributed by atoms with Crippen molar-refractivity contribution in [2.75, 3.05) is 26.2 Å². The monoisotopic (exact) mass is 538 g/mol. The summed E-state index contributed by atoms with van der Waals surface area (Å²) < 4.78 is 1.82. The lowest BCUT2D eigenvalue weighted by atomic mass is 9.96. The first-order valence-electron chi connectivity index (χ1n) is 10.4. The SMILES string of the molecule is O=C(/C=C(/Br)c1ccc(Br)cc1)N1CCN(C(c2ccccc2)c2ccccc2)CC1. The van der Waals surface area contributed by atoms with Crippen LogP contribution in [0.1, 0.15) is 22.7 Å². The summed E-state index contributed by atoms with van der Waals surface area (Å²) in [5.41, 5.74) is 3.56. The Kier molecular flexibility index (Phi) is 7.38. The van der Waals surface area contributed by atoms with E-state index in [-0.39, 0.29) is 11.9 Å². The van der Waals surface area contributed by atoms with E-state index in [0.29, 0.717) is 13.1 Å². The molecule has 1 aliphatic rings. The normalized spacial score (nSPS) is 15.3. The van der Waals surface area contributed by atoms with Crippen LogP contribution in [-0.2, 0) is 4.79 Å². The van der Waals surface area contributed by atoms with E-state index in [0.717, 1.165) is 27.6 Å². The molecule has 0 spiro atoms. The molecule has 3 aromatic rings. The van der Waals surface area contributed by atoms with Gasteiger partial charge in [0.05, 0.1) is 6.04 Å². The summed E-state index contributed by atoms with van der Waals surface area (Å²) in [7, 11) is 0. The van der Waals surface area contributed by atoms with Gasteiger partial charge in [0.25, 0.3) is 0 Å². The van der Waals surface area contributed by atoms with Crippen molar-refractivity contribution >= 4 is 42.2 Å². The molecule has 0 N–H and O–H groups in total. The first kappa shape index (κ1) is 22.0. The Morgan fingerprint density at radius 1 is 0.774 bits per heavy atom. The number of carbonyl (C=O) groups excluding carboxylic acids is 1. The van der Waals surface area contributed by atoms with E-state index in [1.54, 1.807) is 6.08 Å². The molecule has 1 aliphatic heterocycles. The third-order valence-electron chi connectivity index (χ3n) is 5.59. The Bertz CT molecular complexity index is 989. The third kappa shape index (κ3) is 5.53. The summed E-state index contributed by atoms with van der Waals surface area (Å²) in [6.45, 7) is 3.10. The lowest BCUT2D eigenvalue weighted by Crippen LogP contribution is -2.49. The second-order valence-corrected chi connectivity index (χ2v) is 9.35. The predicted octanol–water partition coefficient (Wildman–Crippen LogP) is 6.12. The molecular formula is C26H24Br2N2O. The highest BCUT2D eigenvalue weighted by molar-refractivity contribution is 9.15. The molecule has 0 aliphatic carbocycles. The lowest BCUT2D eigenvalue weighted by Gasteiger charge is -2.39. The second kappa shape index (κ2) is 10.4. The maximum atomic E-state index is 12.9. The molecule has 5 heteroatoms. The minimum atomic E-state index is 0.0467. The highest BCUT2D eigenvalue weighted by Crippen LogP contribution is 2.30. The van der Waals surface area contributed by atoms with E-state index in [2.05, 4.69) is 97.4 Å². The van der Waals surface area contributed by atoms with Gasteiger partial charge in [0.2, 0.25) is 5.91 Å². The molecule has 0 atom stereocenters. The number of amides is 1. The smallest absolute Gasteiger partial charge is 0.247 e. The van der Waals surface area contributed by atoms with E-state index >= 15 is 0 Å². The van der Waals surface area contributed by atoms with E-state index in [1.807, 2.05) is 29.2 Å². The second-order valence-electron chi connectivity index (χ2n) is 7.58. The van der Waals surface area contributed by atoms with Crippen LogP contribution in [0.15, 0.2) is 95.5 Å². The van der Waals surface area contributed by atoms with Crippen molar-refractivity contribution in [3.8, 4) is 0 Å². The molecule has 4 rings (SSSR count). The highest BCUT2D eigenvalue weighted by atomic mass is 79.9. The van der Waals surface area contributed by atoms with Gasteiger partial charge in [0, 0.05) is 41.2 Å². The van der Waals surface area contributed by atoms with Gasteiger partial charge in [-0.2, -0.15) is 0 Å². The van der Waals surface area contributed by atoms with Crippen LogP contribution >= 0.6 is 31.9 Å². The van der Waals surface area contributed by atoms with E-state index in [1.165, 1.54) is 11.1 Å². The summed E-state index contributed by atoms with van der Waals surface area (Å²) in [6.07, 6.45) is 1.69. The van der Waals surface area contributed by atoms with E-state index in [9.17, 15) is 4.79 Å². The first-order valence-corrected chi connectivity index (χ1v) is 12.0. The molecule has 0 unspecified atom stereocenters. The predicted molar refractivity (Wildman–Crippen MR) is 134 cm³/mol. The average Bonchev–Trinajstić information content (AvgIpc) is 2.81. The van der Waals surface area contributed by atoms with Gasteiger partial charge in [0.1, 0.15) is 0 Å². The summed E-state index contributed by atoms with van der Waals surface area (Å²) in [5, 5.41) is 0. The number of benzene rings is 3. The van der Waals surface area contributed by atoms with Crippen molar-refractivity contribution in [2.24, 2.45) is 0 Å². The molecule has 1 heterocycles. The van der Waals surface area contributed by atoms with Gasteiger partial charge in [-0.25, -0.2) is 0 Å². The first-order chi connectivity index (χ1) is 15.1. The number of halogens is 2. The fourth-order valence-corrected chi connectivity index (χ4v) is 4.70. The topological polar surface area (TPSA) is 23.6 Å². The number of hydrogen-bond donors (Lipinski definition) is 0. The van der Waals surface area contributed by atoms with Gasteiger partial charge < -0.3 is 4.90 Å². The van der Waals surface area contributed by atoms with Crippen LogP contribution in [0.5, 0.6) is 0 Å². The summed E-state index contributed by atoms with van der Waals surface area (Å²) in [6, 6.07) is 29.3. The fraction of sp³-hybridized carbons (Fsp3) is 0.192. The van der Waals surface area contributed by atoms with Crippen molar-refractivity contribution in [2.45, 2.75) is 6.04 Å². The highest BCUT2D eigenvalue weighted by Gasteiger charge is 2.27. The summed E-state index contributed by atoms with van der Waals surface area (Å²) >= 11 is 7.01. The lowest BCUT2D eigenvalue weighted by molar-refractivity contribution is -0.127. The number of piperazine rings is 1. The van der Waals surface area contributed by atoms with Crippen molar-refractivity contribution in [1.82, 2.24) is 9.80 Å². The molecular weight excluding hydrogens is 516 g/mol. The van der Waals surface area contributed by atoms with Gasteiger partial charge in [-0.15, -0.1) is 0 Å². The van der Waals surface area contributed by atoms with Crippen molar-refractivity contribution in [3.05, 3.63) is 112 Å². The number of rotatable bonds is 5. The Labute approximate surface area is 200 Å². The standard InChI is InChI=1S/C26H24Br2N2O/c27-23-13-11-20(12-14-23)24(28)19-25(31)29-15-17-30(18-16-29)26(21-7-3-1-4-8-21)22-9-5-2-6-10-22/h1-14,19,26H,15-18H2/b24-19+. The van der Waals surface area contributed by atoms with E-state index < -0.39 is 0 Å². The van der Waals surface area contributed by atoms with Gasteiger partial charge >= 0.3 is 0 Å². The number of hydrogen-bond acceptors (Lipinski definition) is 2. The van der Waals surface area contributed by atoms with Crippen LogP contribution in [0.25, 0.3) is 4.48 Å². The van der Waals surface area contributed by atoms with Crippen LogP contribution in [0.3, 0.4) is 0 Å². The largest absolute Gasteiger partial charge is 0.337 e. The summed E-state index contributed by atoms with van der Waals surface area (Å²) in [4.78, 5) is 17.3. The number of carbonyl (C=O) groups is 1. The van der Waals surface area contributed by atoms with Crippen molar-refractivity contribution < 1.29 is 4.79 Å². The van der Waals surface area contributed by atoms with Gasteiger partial charge in [-0.05, 0) is 44.8 Å². The minimum absolute atomic E-state index is 0.0467. The molecule has 3 aromatic carbocycles. The Morgan fingerprint density at radius 2 is 1.29 bits per heavy atom. The third-order valence-corrected chi connectivity index (χ3v) is 6.81. The van der Waals surface area contributed by atoms with Crippen LogP contribution in [-0.4, -0.2) is 41.9 Å². The Hall–Kier alpha value is -2.21. The zero-order valence-electron chi connectivity index (χ0n) is 17.1. The summed E-state index contributed by atoms with van der Waals surface area (Å²) in [5.74, 6) is 0.0467. The van der Waals surface area contributed by atoms with Crippen LogP contribution in [0.2, 0.25) is 0 Å². The molecule has 31 heavy (non-hydrogen) atoms. The zero-order valence-corrected chi connectivity index (χ0v) is 20.3. The molecule has 0 bridgehead atoms. The fourth-order valence-electron chi connectivity index (χ4n) is 3.98. The molecule has 1 fully saturated rings. The van der Waals surface area contributed by atoms with Crippen LogP contribution in [0.4, 0.5) is 0 Å². The zero-order chi connectivity index (χ0) is 21.6. The number of nitrogens with zero attached hydrogens (tertiary/aromatic N) is 2. The Morgan fingerprint density at radius 3 is 1.81 bits per heavy atom. The molecule has 0 radical (unpaired) electrons. The van der Waals surface area contributed by atoms with Crippen molar-refractivity contribution in [1.29, 1.82) is 0 Å². The quantitative estimate of drug-likeness (QED) is 0.365. The molecule has 158 valence electrons. The van der Waals surface area contributed by atoms with E-state index in [4.69, 9.17) is 0 Å². The molecule has 0 aromatic heterocycles. The maximum absolute atomic E-state index is 12.9. The molecule has 1 amide bonds. The molecule has 0 saturated carbocycles. The minimum Gasteiger partial charge on any atom is -0.337 e. The van der Waals surface area contributed by atoms with Gasteiger partial charge in [0.15, 0.2) is 0 Å². The van der Waals surface area contributed by atoms with Gasteiger partial charge in [-0.3, -0.25) is 9.69 Å². The molecule has 3 nitrogen and oxygen atoms in total. The average molecular weight is 540 g/mol. The van der Waals surface area contributed by atoms with Crippen molar-refractivity contribution in [3.63, 3.8) is 0 Å². The van der Waals surface area contributed by atoms with Crippen LogP contribution < -0.4 is 0 Å². The van der Waals surface area contributed by atoms with Gasteiger partial charge in [-0.1, -0.05) is 88.7 Å². The Balaban J connectivity index is 1.46. The molecule has 1 saturated heterocycles.